The maximum atomic E-state index is 13.8. The topological polar surface area (TPSA) is 72.9 Å². The van der Waals surface area contributed by atoms with Crippen molar-refractivity contribution in [1.29, 1.82) is 0 Å². The Morgan fingerprint density at radius 2 is 2.05 bits per heavy atom. The largest absolute Gasteiger partial charge is 0.365 e. The van der Waals surface area contributed by atoms with Gasteiger partial charge in [0.15, 0.2) is 0 Å². The molecule has 0 saturated heterocycles. The molecule has 3 rings (SSSR count). The van der Waals surface area contributed by atoms with Crippen LogP contribution in [0.2, 0.25) is 0 Å². The summed E-state index contributed by atoms with van der Waals surface area (Å²) in [7, 11) is 0. The van der Waals surface area contributed by atoms with Gasteiger partial charge in [0.2, 0.25) is 0 Å². The molecule has 1 aliphatic rings. The number of benzene rings is 1. The van der Waals surface area contributed by atoms with E-state index in [0.717, 1.165) is 17.8 Å². The Kier molecular flexibility index (Phi) is 3.25. The summed E-state index contributed by atoms with van der Waals surface area (Å²) in [5, 5.41) is 7.71. The van der Waals surface area contributed by atoms with Gasteiger partial charge in [-0.1, -0.05) is 0 Å². The average Bonchev–Trinajstić information content (AvgIpc) is 2.83. The van der Waals surface area contributed by atoms with Crippen LogP contribution in [0.5, 0.6) is 0 Å². The lowest BCUT2D eigenvalue weighted by molar-refractivity contribution is 0.0999. The number of aryl methyl sites for hydroxylation is 2. The lowest BCUT2D eigenvalue weighted by Gasteiger charge is -2.15. The summed E-state index contributed by atoms with van der Waals surface area (Å²) < 4.78 is 15.6. The molecule has 2 heterocycles. The van der Waals surface area contributed by atoms with Crippen molar-refractivity contribution in [2.75, 3.05) is 6.54 Å². The summed E-state index contributed by atoms with van der Waals surface area (Å²) in [6.45, 7) is 5.45. The summed E-state index contributed by atoms with van der Waals surface area (Å²) in [5.74, 6) is -0.736. The van der Waals surface area contributed by atoms with Crippen molar-refractivity contribution in [3.63, 3.8) is 0 Å². The van der Waals surface area contributed by atoms with E-state index >= 15 is 0 Å². The Hall–Kier alpha value is -2.21. The van der Waals surface area contributed by atoms with Crippen molar-refractivity contribution in [1.82, 2.24) is 15.1 Å². The molecule has 110 valence electrons. The van der Waals surface area contributed by atoms with Crippen molar-refractivity contribution in [2.24, 2.45) is 5.73 Å². The molecule has 3 N–H and O–H groups in total. The molecule has 0 unspecified atom stereocenters. The first-order valence-electron chi connectivity index (χ1n) is 6.86. The highest BCUT2D eigenvalue weighted by molar-refractivity contribution is 6.00. The predicted octanol–water partition coefficient (Wildman–Crippen LogP) is 1.51. The highest BCUT2D eigenvalue weighted by Crippen LogP contribution is 2.29. The number of hydrogen-bond acceptors (Lipinski definition) is 3. The minimum Gasteiger partial charge on any atom is -0.365 e. The summed E-state index contributed by atoms with van der Waals surface area (Å²) in [6, 6.07) is 3.41. The third kappa shape index (κ3) is 2.21. The van der Waals surface area contributed by atoms with E-state index in [1.165, 1.54) is 0 Å². The second-order valence-corrected chi connectivity index (χ2v) is 5.36. The number of halogens is 1. The summed E-state index contributed by atoms with van der Waals surface area (Å²) >= 11 is 0. The number of carbonyl (C=O) groups excluding carboxylic acids is 1. The number of primary amides is 1. The molecule has 0 atom stereocenters. The van der Waals surface area contributed by atoms with Gasteiger partial charge in [-0.05, 0) is 37.1 Å². The highest BCUT2D eigenvalue weighted by Gasteiger charge is 2.25. The molecule has 0 radical (unpaired) electrons. The SMILES string of the molecule is Cc1cc(-c2nn3c(c2C(N)=O)CNCC3)cc(C)c1F. The van der Waals surface area contributed by atoms with Gasteiger partial charge in [-0.15, -0.1) is 0 Å². The number of carbonyl (C=O) groups is 1. The average molecular weight is 288 g/mol. The van der Waals surface area contributed by atoms with Crippen molar-refractivity contribution in [2.45, 2.75) is 26.9 Å². The monoisotopic (exact) mass is 288 g/mol. The molecule has 0 spiro atoms. The first-order valence-corrected chi connectivity index (χ1v) is 6.86. The van der Waals surface area contributed by atoms with Gasteiger partial charge in [-0.3, -0.25) is 9.48 Å². The Balaban J connectivity index is 2.23. The lowest BCUT2D eigenvalue weighted by Crippen LogP contribution is -2.30. The molecule has 0 aliphatic carbocycles. The van der Waals surface area contributed by atoms with Crippen LogP contribution in [-0.4, -0.2) is 22.2 Å². The van der Waals surface area contributed by atoms with Gasteiger partial charge >= 0.3 is 0 Å². The van der Waals surface area contributed by atoms with Crippen LogP contribution in [0.15, 0.2) is 12.1 Å². The molecule has 21 heavy (non-hydrogen) atoms. The molecule has 0 bridgehead atoms. The van der Waals surface area contributed by atoms with E-state index in [9.17, 15) is 9.18 Å². The van der Waals surface area contributed by atoms with Crippen LogP contribution in [0, 0.1) is 19.7 Å². The van der Waals surface area contributed by atoms with Crippen LogP contribution in [-0.2, 0) is 13.1 Å². The van der Waals surface area contributed by atoms with Gasteiger partial charge < -0.3 is 11.1 Å². The highest BCUT2D eigenvalue weighted by atomic mass is 19.1. The third-order valence-electron chi connectivity index (χ3n) is 3.81. The van der Waals surface area contributed by atoms with Crippen molar-refractivity contribution in [3.05, 3.63) is 40.3 Å². The first kappa shape index (κ1) is 13.8. The number of nitrogens with one attached hydrogen (secondary N) is 1. The van der Waals surface area contributed by atoms with E-state index < -0.39 is 5.91 Å². The quantitative estimate of drug-likeness (QED) is 0.879. The molecule has 1 aromatic heterocycles. The third-order valence-corrected chi connectivity index (χ3v) is 3.81. The van der Waals surface area contributed by atoms with E-state index in [4.69, 9.17) is 5.73 Å². The van der Waals surface area contributed by atoms with Crippen LogP contribution in [0.4, 0.5) is 4.39 Å². The van der Waals surface area contributed by atoms with E-state index in [-0.39, 0.29) is 5.82 Å². The smallest absolute Gasteiger partial charge is 0.252 e. The Morgan fingerprint density at radius 1 is 1.38 bits per heavy atom. The summed E-state index contributed by atoms with van der Waals surface area (Å²) in [4.78, 5) is 11.8. The van der Waals surface area contributed by atoms with Crippen LogP contribution < -0.4 is 11.1 Å². The van der Waals surface area contributed by atoms with E-state index in [0.29, 0.717) is 35.5 Å². The standard InChI is InChI=1S/C15H17FN4O/c1-8-5-10(6-9(2)13(8)16)14-12(15(17)21)11-7-18-3-4-20(11)19-14/h5-6,18H,3-4,7H2,1-2H3,(H2,17,21). The van der Waals surface area contributed by atoms with Gasteiger partial charge in [-0.25, -0.2) is 4.39 Å². The lowest BCUT2D eigenvalue weighted by atomic mass is 10.00. The predicted molar refractivity (Wildman–Crippen MR) is 77.3 cm³/mol. The van der Waals surface area contributed by atoms with Crippen LogP contribution in [0.25, 0.3) is 11.3 Å². The zero-order chi connectivity index (χ0) is 15.1. The fourth-order valence-corrected chi connectivity index (χ4v) is 2.80. The molecule has 0 fully saturated rings. The van der Waals surface area contributed by atoms with Gasteiger partial charge in [0.1, 0.15) is 11.5 Å². The number of hydrogen-bond donors (Lipinski definition) is 2. The van der Waals surface area contributed by atoms with Crippen LogP contribution in [0.3, 0.4) is 0 Å². The minimum absolute atomic E-state index is 0.231. The molecule has 1 aromatic carbocycles. The first-order chi connectivity index (χ1) is 9.99. The minimum atomic E-state index is -0.505. The molecular formula is C15H17FN4O. The normalized spacial score (nSPS) is 14.0. The fraction of sp³-hybridized carbons (Fsp3) is 0.333. The molecule has 5 nitrogen and oxygen atoms in total. The molecule has 2 aromatic rings. The van der Waals surface area contributed by atoms with Gasteiger partial charge in [-0.2, -0.15) is 5.10 Å². The molecular weight excluding hydrogens is 271 g/mol. The molecule has 0 saturated carbocycles. The zero-order valence-corrected chi connectivity index (χ0v) is 12.0. The van der Waals surface area contributed by atoms with E-state index in [1.54, 1.807) is 30.7 Å². The van der Waals surface area contributed by atoms with Gasteiger partial charge in [0, 0.05) is 18.7 Å². The number of nitrogens with two attached hydrogens (primary N) is 1. The number of amides is 1. The van der Waals surface area contributed by atoms with Crippen molar-refractivity contribution in [3.8, 4) is 11.3 Å². The Morgan fingerprint density at radius 3 is 2.67 bits per heavy atom. The Bertz CT molecular complexity index is 713. The van der Waals surface area contributed by atoms with E-state index in [1.807, 2.05) is 0 Å². The van der Waals surface area contributed by atoms with E-state index in [2.05, 4.69) is 10.4 Å². The fourth-order valence-electron chi connectivity index (χ4n) is 2.80. The van der Waals surface area contributed by atoms with Crippen LogP contribution in [0.1, 0.15) is 27.2 Å². The number of fused-ring (bicyclic) bond motifs is 1. The van der Waals surface area contributed by atoms with Crippen LogP contribution >= 0.6 is 0 Å². The summed E-state index contributed by atoms with van der Waals surface area (Å²) in [5.41, 5.74) is 9.07. The zero-order valence-electron chi connectivity index (χ0n) is 12.0. The maximum Gasteiger partial charge on any atom is 0.252 e. The molecule has 6 heteroatoms. The second kappa shape index (κ2) is 4.96. The number of nitrogens with zero attached hydrogens (tertiary/aromatic N) is 2. The number of aromatic nitrogens is 2. The van der Waals surface area contributed by atoms with Gasteiger partial charge in [0.05, 0.1) is 17.8 Å². The molecule has 1 amide bonds. The van der Waals surface area contributed by atoms with Crippen molar-refractivity contribution < 1.29 is 9.18 Å². The maximum absolute atomic E-state index is 13.8. The second-order valence-electron chi connectivity index (χ2n) is 5.36. The molecule has 1 aliphatic heterocycles. The summed E-state index contributed by atoms with van der Waals surface area (Å²) in [6.07, 6.45) is 0. The Labute approximate surface area is 121 Å². The van der Waals surface area contributed by atoms with Crippen molar-refractivity contribution >= 4 is 5.91 Å². The van der Waals surface area contributed by atoms with Gasteiger partial charge in [0.25, 0.3) is 5.91 Å². The number of rotatable bonds is 2.